The highest BCUT2D eigenvalue weighted by atomic mass is 35.5. The highest BCUT2D eigenvalue weighted by Crippen LogP contribution is 2.28. The van der Waals surface area contributed by atoms with E-state index in [0.29, 0.717) is 11.4 Å². The van der Waals surface area contributed by atoms with Crippen molar-refractivity contribution in [3.63, 3.8) is 0 Å². The van der Waals surface area contributed by atoms with Gasteiger partial charge in [0.2, 0.25) is 0 Å². The summed E-state index contributed by atoms with van der Waals surface area (Å²) in [5.41, 5.74) is 0.470. The number of hydrogen-bond acceptors (Lipinski definition) is 3. The summed E-state index contributed by atoms with van der Waals surface area (Å²) in [7, 11) is 0. The van der Waals surface area contributed by atoms with Crippen molar-refractivity contribution >= 4 is 17.4 Å². The third kappa shape index (κ3) is 4.23. The average Bonchev–Trinajstić information content (AvgIpc) is 2.28. The third-order valence-electron chi connectivity index (χ3n) is 2.65. The molecule has 19 heavy (non-hydrogen) atoms. The van der Waals surface area contributed by atoms with Crippen molar-refractivity contribution in [2.24, 2.45) is 0 Å². The first-order valence-corrected chi connectivity index (χ1v) is 6.39. The highest BCUT2D eigenvalue weighted by Gasteiger charge is 2.32. The van der Waals surface area contributed by atoms with E-state index < -0.39 is 12.7 Å². The lowest BCUT2D eigenvalue weighted by Crippen LogP contribution is -2.35. The Kier molecular flexibility index (Phi) is 5.01. The monoisotopic (exact) mass is 295 g/mol. The zero-order valence-corrected chi connectivity index (χ0v) is 12.1. The molecule has 0 saturated heterocycles. The van der Waals surface area contributed by atoms with Gasteiger partial charge in [0.15, 0.2) is 0 Å². The Morgan fingerprint density at radius 1 is 1.26 bits per heavy atom. The summed E-state index contributed by atoms with van der Waals surface area (Å²) in [6, 6.07) is 0. The van der Waals surface area contributed by atoms with Gasteiger partial charge in [0, 0.05) is 18.0 Å². The quantitative estimate of drug-likeness (QED) is 0.788. The normalized spacial score (nSPS) is 12.1. The van der Waals surface area contributed by atoms with Gasteiger partial charge in [-0.05, 0) is 13.8 Å². The predicted octanol–water partition coefficient (Wildman–Crippen LogP) is 3.95. The minimum atomic E-state index is -4.28. The van der Waals surface area contributed by atoms with Gasteiger partial charge in [-0.15, -0.1) is 0 Å². The van der Waals surface area contributed by atoms with Crippen LogP contribution in [0.15, 0.2) is 0 Å². The van der Waals surface area contributed by atoms with Crippen LogP contribution in [-0.4, -0.2) is 29.2 Å². The minimum Gasteiger partial charge on any atom is -0.347 e. The van der Waals surface area contributed by atoms with Crippen LogP contribution in [0.25, 0.3) is 0 Å². The second-order valence-electron chi connectivity index (χ2n) is 4.61. The van der Waals surface area contributed by atoms with E-state index in [4.69, 9.17) is 11.6 Å². The van der Waals surface area contributed by atoms with Gasteiger partial charge in [0.1, 0.15) is 23.3 Å². The summed E-state index contributed by atoms with van der Waals surface area (Å²) in [5.74, 6) is 0.705. The average molecular weight is 296 g/mol. The molecule has 0 aliphatic rings. The van der Waals surface area contributed by atoms with Crippen LogP contribution in [0.2, 0.25) is 5.15 Å². The molecular formula is C12H17ClF3N3. The van der Waals surface area contributed by atoms with E-state index in [9.17, 15) is 13.2 Å². The molecule has 0 aliphatic heterocycles. The Balaban J connectivity index is 3.22. The molecule has 0 spiro atoms. The molecule has 0 radical (unpaired) electrons. The Hall–Kier alpha value is -1.04. The fraction of sp³-hybridized carbons (Fsp3) is 0.667. The van der Waals surface area contributed by atoms with Crippen LogP contribution in [0.4, 0.5) is 19.0 Å². The van der Waals surface area contributed by atoms with Gasteiger partial charge in [-0.2, -0.15) is 13.2 Å². The summed E-state index contributed by atoms with van der Waals surface area (Å²) in [4.78, 5) is 9.47. The number of anilines is 1. The lowest BCUT2D eigenvalue weighted by Gasteiger charge is -2.25. The zero-order valence-electron chi connectivity index (χ0n) is 11.3. The topological polar surface area (TPSA) is 29.0 Å². The molecule has 0 unspecified atom stereocenters. The zero-order chi connectivity index (χ0) is 14.8. The molecule has 0 aliphatic carbocycles. The summed E-state index contributed by atoms with van der Waals surface area (Å²) in [6.45, 7) is 6.16. The number of alkyl halides is 3. The molecule has 0 saturated carbocycles. The Bertz CT molecular complexity index is 447. The third-order valence-corrected chi connectivity index (χ3v) is 3.01. The van der Waals surface area contributed by atoms with Gasteiger partial charge < -0.3 is 4.90 Å². The molecular weight excluding hydrogens is 279 g/mol. The first-order valence-electron chi connectivity index (χ1n) is 6.01. The maximum Gasteiger partial charge on any atom is 0.405 e. The predicted molar refractivity (Wildman–Crippen MR) is 69.8 cm³/mol. The van der Waals surface area contributed by atoms with Crippen molar-refractivity contribution in [1.82, 2.24) is 9.97 Å². The Morgan fingerprint density at radius 3 is 2.26 bits per heavy atom. The van der Waals surface area contributed by atoms with Crippen molar-refractivity contribution in [1.29, 1.82) is 0 Å². The van der Waals surface area contributed by atoms with Gasteiger partial charge in [-0.25, -0.2) is 9.97 Å². The van der Waals surface area contributed by atoms with E-state index in [0.717, 1.165) is 4.90 Å². The number of rotatable bonds is 4. The molecule has 0 aromatic carbocycles. The molecule has 0 amide bonds. The van der Waals surface area contributed by atoms with E-state index >= 15 is 0 Å². The van der Waals surface area contributed by atoms with E-state index in [-0.39, 0.29) is 23.4 Å². The van der Waals surface area contributed by atoms with Crippen molar-refractivity contribution < 1.29 is 13.2 Å². The molecule has 3 nitrogen and oxygen atoms in total. The van der Waals surface area contributed by atoms with Crippen LogP contribution in [-0.2, 0) is 0 Å². The Labute approximate surface area is 115 Å². The smallest absolute Gasteiger partial charge is 0.347 e. The molecule has 1 aromatic heterocycles. The van der Waals surface area contributed by atoms with Gasteiger partial charge >= 0.3 is 6.18 Å². The molecule has 0 N–H and O–H groups in total. The maximum atomic E-state index is 12.6. The number of halogens is 4. The number of hydrogen-bond donors (Lipinski definition) is 0. The van der Waals surface area contributed by atoms with Gasteiger partial charge in [-0.3, -0.25) is 0 Å². The highest BCUT2D eigenvalue weighted by molar-refractivity contribution is 6.30. The van der Waals surface area contributed by atoms with Crippen LogP contribution in [0.1, 0.15) is 38.1 Å². The van der Waals surface area contributed by atoms with Crippen LogP contribution in [0, 0.1) is 6.92 Å². The molecule has 108 valence electrons. The molecule has 0 fully saturated rings. The fourth-order valence-corrected chi connectivity index (χ4v) is 1.78. The van der Waals surface area contributed by atoms with Crippen LogP contribution in [0.3, 0.4) is 0 Å². The summed E-state index contributed by atoms with van der Waals surface area (Å²) >= 11 is 5.98. The van der Waals surface area contributed by atoms with Crippen LogP contribution in [0.5, 0.6) is 0 Å². The number of nitrogens with zero attached hydrogens (tertiary/aromatic N) is 3. The van der Waals surface area contributed by atoms with Crippen LogP contribution < -0.4 is 4.90 Å². The first-order chi connectivity index (χ1) is 8.65. The van der Waals surface area contributed by atoms with E-state index in [1.165, 1.54) is 0 Å². The summed E-state index contributed by atoms with van der Waals surface area (Å²) in [5, 5.41) is 0.203. The SMILES string of the molecule is CCN(CC(F)(F)F)c1nc(C(C)C)nc(Cl)c1C. The first kappa shape index (κ1) is 16.0. The fourth-order valence-electron chi connectivity index (χ4n) is 1.61. The molecule has 1 heterocycles. The van der Waals surface area contributed by atoms with E-state index in [1.807, 2.05) is 13.8 Å². The van der Waals surface area contributed by atoms with E-state index in [1.54, 1.807) is 13.8 Å². The second-order valence-corrected chi connectivity index (χ2v) is 4.96. The largest absolute Gasteiger partial charge is 0.405 e. The van der Waals surface area contributed by atoms with Gasteiger partial charge in [-0.1, -0.05) is 25.4 Å². The van der Waals surface area contributed by atoms with Gasteiger partial charge in [0.25, 0.3) is 0 Å². The Morgan fingerprint density at radius 2 is 1.84 bits per heavy atom. The summed E-state index contributed by atoms with van der Waals surface area (Å²) < 4.78 is 37.7. The number of aromatic nitrogens is 2. The van der Waals surface area contributed by atoms with Gasteiger partial charge in [0.05, 0.1) is 0 Å². The summed E-state index contributed by atoms with van der Waals surface area (Å²) in [6.07, 6.45) is -4.28. The van der Waals surface area contributed by atoms with Crippen molar-refractivity contribution in [2.75, 3.05) is 18.0 Å². The van der Waals surface area contributed by atoms with Crippen LogP contribution >= 0.6 is 11.6 Å². The second kappa shape index (κ2) is 5.94. The molecule has 0 atom stereocenters. The van der Waals surface area contributed by atoms with Crippen molar-refractivity contribution in [3.05, 3.63) is 16.5 Å². The molecule has 7 heteroatoms. The minimum absolute atomic E-state index is 0.00134. The molecule has 1 rings (SSSR count). The molecule has 1 aromatic rings. The maximum absolute atomic E-state index is 12.6. The lowest BCUT2D eigenvalue weighted by molar-refractivity contribution is -0.119. The lowest BCUT2D eigenvalue weighted by atomic mass is 10.2. The standard InChI is InChI=1S/C12H17ClF3N3/c1-5-19(6-12(14,15)16)11-8(4)9(13)17-10(18-11)7(2)3/h7H,5-6H2,1-4H3. The van der Waals surface area contributed by atoms with Crippen molar-refractivity contribution in [3.8, 4) is 0 Å². The van der Waals surface area contributed by atoms with E-state index in [2.05, 4.69) is 9.97 Å². The van der Waals surface area contributed by atoms with Crippen molar-refractivity contribution in [2.45, 2.75) is 39.8 Å². The molecule has 0 bridgehead atoms.